The maximum atomic E-state index is 11.3. The molecule has 0 bridgehead atoms. The quantitative estimate of drug-likeness (QED) is 0.263. The maximum Gasteiger partial charge on any atom is 0.197 e. The third-order valence-corrected chi connectivity index (χ3v) is 7.84. The van der Waals surface area contributed by atoms with Crippen LogP contribution >= 0.6 is 0 Å². The summed E-state index contributed by atoms with van der Waals surface area (Å²) in [7, 11) is 1.64. The zero-order valence-electron chi connectivity index (χ0n) is 22.8. The van der Waals surface area contributed by atoms with Gasteiger partial charge in [-0.3, -0.25) is 4.90 Å². The highest BCUT2D eigenvalue weighted by molar-refractivity contribution is 6.01. The summed E-state index contributed by atoms with van der Waals surface area (Å²) < 4.78 is 5.40. The highest BCUT2D eigenvalue weighted by atomic mass is 16.5. The zero-order chi connectivity index (χ0) is 27.8. The Morgan fingerprint density at radius 1 is 0.951 bits per heavy atom. The summed E-state index contributed by atoms with van der Waals surface area (Å²) in [6.07, 6.45) is 1.08. The van der Waals surface area contributed by atoms with Crippen molar-refractivity contribution >= 4 is 22.2 Å². The number of aromatic nitrogens is 1. The highest BCUT2D eigenvalue weighted by Gasteiger charge is 2.25. The molecule has 0 amide bonds. The minimum Gasteiger partial charge on any atom is -0.497 e. The van der Waals surface area contributed by atoms with Crippen LogP contribution in [0.1, 0.15) is 23.1 Å². The van der Waals surface area contributed by atoms with Gasteiger partial charge in [0, 0.05) is 53.9 Å². The van der Waals surface area contributed by atoms with Crippen molar-refractivity contribution in [3.63, 3.8) is 0 Å². The Morgan fingerprint density at radius 3 is 2.54 bits per heavy atom. The van der Waals surface area contributed by atoms with Crippen LogP contribution in [0, 0.1) is 0 Å². The first-order valence-electron chi connectivity index (χ1n) is 13.9. The molecule has 7 rings (SSSR count). The van der Waals surface area contributed by atoms with Gasteiger partial charge in [-0.25, -0.2) is 9.98 Å². The minimum absolute atomic E-state index is 0.0948. The summed E-state index contributed by atoms with van der Waals surface area (Å²) in [6, 6.07) is 32.9. The second-order valence-electron chi connectivity index (χ2n) is 10.6. The molecule has 2 aliphatic rings. The third kappa shape index (κ3) is 4.96. The maximum absolute atomic E-state index is 11.3. The molecule has 4 aromatic carbocycles. The number of benzene rings is 4. The van der Waals surface area contributed by atoms with Gasteiger partial charge in [-0.15, -0.1) is 0 Å². The van der Waals surface area contributed by atoms with E-state index in [2.05, 4.69) is 57.7 Å². The molecular formula is C34H31N5O2. The van der Waals surface area contributed by atoms with Crippen LogP contribution in [0.4, 0.5) is 5.69 Å². The van der Waals surface area contributed by atoms with Crippen LogP contribution in [0.5, 0.6) is 11.6 Å². The summed E-state index contributed by atoms with van der Waals surface area (Å²) in [6.45, 7) is 3.00. The van der Waals surface area contributed by atoms with Gasteiger partial charge in [-0.05, 0) is 47.9 Å². The summed E-state index contributed by atoms with van der Waals surface area (Å²) in [5, 5.41) is 17.4. The Kier molecular flexibility index (Phi) is 6.49. The van der Waals surface area contributed by atoms with Gasteiger partial charge in [0.25, 0.3) is 0 Å². The fourth-order valence-corrected chi connectivity index (χ4v) is 5.86. The summed E-state index contributed by atoms with van der Waals surface area (Å²) >= 11 is 0. The van der Waals surface area contributed by atoms with Gasteiger partial charge in [0.05, 0.1) is 23.4 Å². The fourth-order valence-electron chi connectivity index (χ4n) is 5.86. The number of aromatic hydroxyl groups is 1. The first-order valence-corrected chi connectivity index (χ1v) is 13.9. The Balaban J connectivity index is 1.25. The number of methoxy groups -OCH3 is 1. The number of ether oxygens (including phenoxy) is 1. The van der Waals surface area contributed by atoms with Gasteiger partial charge < -0.3 is 20.1 Å². The van der Waals surface area contributed by atoms with Gasteiger partial charge in [-0.2, -0.15) is 0 Å². The number of hydrogen-bond acceptors (Lipinski definition) is 6. The van der Waals surface area contributed by atoms with Gasteiger partial charge in [-0.1, -0.05) is 60.7 Å². The third-order valence-electron chi connectivity index (χ3n) is 7.84. The average molecular weight is 542 g/mol. The van der Waals surface area contributed by atoms with E-state index in [4.69, 9.17) is 14.7 Å². The van der Waals surface area contributed by atoms with Gasteiger partial charge in [0.1, 0.15) is 5.75 Å². The first kappa shape index (κ1) is 25.1. The number of likely N-dealkylation sites (tertiary alicyclic amines) is 1. The molecule has 2 aliphatic heterocycles. The van der Waals surface area contributed by atoms with Crippen molar-refractivity contribution in [2.45, 2.75) is 19.0 Å². The summed E-state index contributed by atoms with van der Waals surface area (Å²) in [4.78, 5) is 15.4. The fraction of sp³-hybridized carbons (Fsp3) is 0.176. The van der Waals surface area contributed by atoms with Crippen molar-refractivity contribution in [2.24, 2.45) is 9.98 Å². The predicted octanol–water partition coefficient (Wildman–Crippen LogP) is 5.24. The number of fused-ring (bicyclic) bond motifs is 2. The van der Waals surface area contributed by atoms with E-state index < -0.39 is 0 Å². The summed E-state index contributed by atoms with van der Waals surface area (Å²) in [5.74, 6) is 1.38. The van der Waals surface area contributed by atoms with Gasteiger partial charge in [0.15, 0.2) is 11.7 Å². The molecule has 1 aromatic heterocycles. The molecule has 204 valence electrons. The molecule has 0 aliphatic carbocycles. The van der Waals surface area contributed by atoms with E-state index in [-0.39, 0.29) is 5.88 Å². The van der Waals surface area contributed by atoms with Crippen LogP contribution in [-0.2, 0) is 6.54 Å². The van der Waals surface area contributed by atoms with Crippen LogP contribution in [0.2, 0.25) is 0 Å². The van der Waals surface area contributed by atoms with E-state index in [1.54, 1.807) is 7.11 Å². The normalized spacial score (nSPS) is 17.6. The Labute approximate surface area is 238 Å². The molecule has 0 radical (unpaired) electrons. The van der Waals surface area contributed by atoms with E-state index in [0.717, 1.165) is 70.2 Å². The van der Waals surface area contributed by atoms with Crippen LogP contribution in [0.3, 0.4) is 0 Å². The number of anilines is 1. The molecule has 0 saturated carbocycles. The second kappa shape index (κ2) is 10.6. The molecule has 1 saturated heterocycles. The van der Waals surface area contributed by atoms with Crippen molar-refractivity contribution in [1.29, 1.82) is 0 Å². The lowest BCUT2D eigenvalue weighted by atomic mass is 9.96. The SMILES string of the molecule is COc1ccc2c(c1)=NC(=C(c1ccccc1)c1c(O)[nH]c3ccc(NC4CCN(Cc5ccccc5)C4)cc13)N=2. The lowest BCUT2D eigenvalue weighted by molar-refractivity contribution is 0.328. The Hall–Kier alpha value is -4.88. The smallest absolute Gasteiger partial charge is 0.197 e. The second-order valence-corrected chi connectivity index (χ2v) is 10.6. The van der Waals surface area contributed by atoms with Crippen LogP contribution < -0.4 is 20.8 Å². The van der Waals surface area contributed by atoms with E-state index >= 15 is 0 Å². The van der Waals surface area contributed by atoms with E-state index in [9.17, 15) is 5.11 Å². The van der Waals surface area contributed by atoms with E-state index in [1.807, 2.05) is 54.6 Å². The molecule has 3 heterocycles. The number of aromatic amines is 1. The lowest BCUT2D eigenvalue weighted by Gasteiger charge is -2.18. The molecule has 1 atom stereocenters. The van der Waals surface area contributed by atoms with Crippen molar-refractivity contribution < 1.29 is 9.84 Å². The average Bonchev–Trinajstić information content (AvgIpc) is 3.71. The largest absolute Gasteiger partial charge is 0.497 e. The van der Waals surface area contributed by atoms with E-state index in [0.29, 0.717) is 17.4 Å². The Bertz CT molecular complexity index is 1880. The molecule has 1 fully saturated rings. The minimum atomic E-state index is 0.0948. The highest BCUT2D eigenvalue weighted by Crippen LogP contribution is 2.40. The molecule has 1 unspecified atom stereocenters. The molecule has 7 heteroatoms. The molecular weight excluding hydrogens is 510 g/mol. The molecule has 7 nitrogen and oxygen atoms in total. The van der Waals surface area contributed by atoms with Gasteiger partial charge in [0.2, 0.25) is 0 Å². The number of nitrogens with one attached hydrogen (secondary N) is 2. The number of rotatable bonds is 7. The van der Waals surface area contributed by atoms with Crippen molar-refractivity contribution in [3.8, 4) is 11.6 Å². The predicted molar refractivity (Wildman–Crippen MR) is 161 cm³/mol. The topological polar surface area (TPSA) is 85.2 Å². The van der Waals surface area contributed by atoms with Gasteiger partial charge >= 0.3 is 0 Å². The monoisotopic (exact) mass is 541 g/mol. The Morgan fingerprint density at radius 2 is 1.73 bits per heavy atom. The van der Waals surface area contributed by atoms with Crippen LogP contribution in [0.25, 0.3) is 16.5 Å². The molecule has 41 heavy (non-hydrogen) atoms. The standard InChI is InChI=1S/C34H31N5O2/c1-41-26-13-15-29-30(19-26)37-33(36-29)31(23-10-6-3-7-11-23)32-27-18-24(12-14-28(27)38-34(32)40)35-25-16-17-39(21-25)20-22-8-4-2-5-9-22/h2-15,18-19,25,35,38,40H,16-17,20-21H2,1H3. The van der Waals surface area contributed by atoms with Crippen LogP contribution in [-0.4, -0.2) is 41.2 Å². The number of H-pyrrole nitrogens is 1. The van der Waals surface area contributed by atoms with E-state index in [1.165, 1.54) is 5.56 Å². The molecule has 3 N–H and O–H groups in total. The van der Waals surface area contributed by atoms with Crippen LogP contribution in [0.15, 0.2) is 113 Å². The first-order chi connectivity index (χ1) is 20.1. The van der Waals surface area contributed by atoms with Crippen molar-refractivity contribution in [2.75, 3.05) is 25.5 Å². The molecule has 0 spiro atoms. The van der Waals surface area contributed by atoms with Crippen molar-refractivity contribution in [1.82, 2.24) is 9.88 Å². The lowest BCUT2D eigenvalue weighted by Crippen LogP contribution is -2.25. The zero-order valence-corrected chi connectivity index (χ0v) is 22.8. The van der Waals surface area contributed by atoms with Crippen molar-refractivity contribution in [3.05, 3.63) is 130 Å². The summed E-state index contributed by atoms with van der Waals surface area (Å²) in [5.41, 5.74) is 5.61. The number of hydrogen-bond donors (Lipinski definition) is 3. The molecule has 5 aromatic rings. The number of nitrogens with zero attached hydrogens (tertiary/aromatic N) is 3.